The SMILES string of the molecule is C=CCOc1ccc(-c2nnc(-c3ccccc3Cl)o2)cc1. The quantitative estimate of drug-likeness (QED) is 0.645. The van der Waals surface area contributed by atoms with E-state index < -0.39 is 0 Å². The van der Waals surface area contributed by atoms with E-state index in [1.165, 1.54) is 0 Å². The molecule has 0 fully saturated rings. The van der Waals surface area contributed by atoms with Crippen LogP contribution in [0.25, 0.3) is 22.9 Å². The summed E-state index contributed by atoms with van der Waals surface area (Å²) in [6.07, 6.45) is 1.70. The fourth-order valence-electron chi connectivity index (χ4n) is 1.93. The van der Waals surface area contributed by atoms with Gasteiger partial charge in [0, 0.05) is 5.56 Å². The molecule has 3 aromatic rings. The van der Waals surface area contributed by atoms with Gasteiger partial charge in [-0.2, -0.15) is 0 Å². The van der Waals surface area contributed by atoms with Crippen molar-refractivity contribution < 1.29 is 9.15 Å². The Hall–Kier alpha value is -2.59. The maximum atomic E-state index is 6.13. The molecule has 0 radical (unpaired) electrons. The predicted molar refractivity (Wildman–Crippen MR) is 85.9 cm³/mol. The normalized spacial score (nSPS) is 10.4. The summed E-state index contributed by atoms with van der Waals surface area (Å²) in [5, 5.41) is 8.69. The molecule has 0 atom stereocenters. The van der Waals surface area contributed by atoms with E-state index in [9.17, 15) is 0 Å². The van der Waals surface area contributed by atoms with Gasteiger partial charge in [0.05, 0.1) is 10.6 Å². The van der Waals surface area contributed by atoms with Crippen LogP contribution in [0, 0.1) is 0 Å². The maximum Gasteiger partial charge on any atom is 0.249 e. The van der Waals surface area contributed by atoms with Crippen molar-refractivity contribution in [3.8, 4) is 28.7 Å². The first kappa shape index (κ1) is 14.4. The van der Waals surface area contributed by atoms with Crippen LogP contribution in [0.4, 0.5) is 0 Å². The minimum Gasteiger partial charge on any atom is -0.490 e. The number of ether oxygens (including phenoxy) is 1. The van der Waals surface area contributed by atoms with Crippen molar-refractivity contribution in [3.63, 3.8) is 0 Å². The average Bonchev–Trinajstić information content (AvgIpc) is 3.03. The lowest BCUT2D eigenvalue weighted by Gasteiger charge is -2.02. The Balaban J connectivity index is 1.84. The Labute approximate surface area is 133 Å². The zero-order valence-electron chi connectivity index (χ0n) is 11.7. The second-order valence-electron chi connectivity index (χ2n) is 4.52. The Morgan fingerprint density at radius 1 is 1.05 bits per heavy atom. The fourth-order valence-corrected chi connectivity index (χ4v) is 2.15. The monoisotopic (exact) mass is 312 g/mol. The van der Waals surface area contributed by atoms with Crippen molar-refractivity contribution in [3.05, 3.63) is 66.2 Å². The molecule has 0 amide bonds. The van der Waals surface area contributed by atoms with Gasteiger partial charge in [-0.3, -0.25) is 0 Å². The van der Waals surface area contributed by atoms with Gasteiger partial charge in [-0.05, 0) is 36.4 Å². The lowest BCUT2D eigenvalue weighted by atomic mass is 10.2. The molecule has 0 N–H and O–H groups in total. The number of nitrogens with zero attached hydrogens (tertiary/aromatic N) is 2. The lowest BCUT2D eigenvalue weighted by Crippen LogP contribution is -1.92. The molecule has 110 valence electrons. The van der Waals surface area contributed by atoms with Crippen LogP contribution in [-0.2, 0) is 0 Å². The van der Waals surface area contributed by atoms with Crippen LogP contribution in [0.3, 0.4) is 0 Å². The van der Waals surface area contributed by atoms with Crippen LogP contribution in [0.2, 0.25) is 5.02 Å². The molecule has 1 aromatic heterocycles. The Morgan fingerprint density at radius 3 is 2.50 bits per heavy atom. The molecule has 3 rings (SSSR count). The van der Waals surface area contributed by atoms with E-state index in [4.69, 9.17) is 20.8 Å². The largest absolute Gasteiger partial charge is 0.490 e. The second-order valence-corrected chi connectivity index (χ2v) is 4.92. The highest BCUT2D eigenvalue weighted by Gasteiger charge is 2.12. The molecule has 0 aliphatic carbocycles. The van der Waals surface area contributed by atoms with Crippen molar-refractivity contribution >= 4 is 11.6 Å². The number of aromatic nitrogens is 2. The predicted octanol–water partition coefficient (Wildman–Crippen LogP) is 4.62. The number of halogens is 1. The zero-order valence-corrected chi connectivity index (χ0v) is 12.5. The molecular weight excluding hydrogens is 300 g/mol. The lowest BCUT2D eigenvalue weighted by molar-refractivity contribution is 0.363. The number of hydrogen-bond donors (Lipinski definition) is 0. The van der Waals surface area contributed by atoms with Crippen LogP contribution in [-0.4, -0.2) is 16.8 Å². The first-order chi connectivity index (χ1) is 10.8. The van der Waals surface area contributed by atoms with E-state index in [-0.39, 0.29) is 0 Å². The minimum atomic E-state index is 0.396. The smallest absolute Gasteiger partial charge is 0.249 e. The highest BCUT2D eigenvalue weighted by atomic mass is 35.5. The molecule has 0 spiro atoms. The maximum absolute atomic E-state index is 6.13. The first-order valence-corrected chi connectivity index (χ1v) is 7.08. The molecule has 0 saturated carbocycles. The first-order valence-electron chi connectivity index (χ1n) is 6.70. The van der Waals surface area contributed by atoms with Gasteiger partial charge in [0.15, 0.2) is 0 Å². The molecule has 5 heteroatoms. The van der Waals surface area contributed by atoms with Crippen LogP contribution < -0.4 is 4.74 Å². The summed E-state index contributed by atoms with van der Waals surface area (Å²) in [5.41, 5.74) is 1.53. The van der Waals surface area contributed by atoms with Gasteiger partial charge >= 0.3 is 0 Å². The summed E-state index contributed by atoms with van der Waals surface area (Å²) in [4.78, 5) is 0. The summed E-state index contributed by atoms with van der Waals surface area (Å²) in [7, 11) is 0. The van der Waals surface area contributed by atoms with Gasteiger partial charge in [-0.15, -0.1) is 10.2 Å². The minimum absolute atomic E-state index is 0.396. The van der Waals surface area contributed by atoms with Gasteiger partial charge in [0.2, 0.25) is 11.8 Å². The molecule has 0 unspecified atom stereocenters. The van der Waals surface area contributed by atoms with Crippen LogP contribution in [0.15, 0.2) is 65.6 Å². The Kier molecular flexibility index (Phi) is 4.21. The Morgan fingerprint density at radius 2 is 1.77 bits per heavy atom. The zero-order chi connectivity index (χ0) is 15.4. The molecule has 0 saturated heterocycles. The highest BCUT2D eigenvalue weighted by molar-refractivity contribution is 6.33. The average molecular weight is 313 g/mol. The van der Waals surface area contributed by atoms with Crippen LogP contribution >= 0.6 is 11.6 Å². The summed E-state index contributed by atoms with van der Waals surface area (Å²) in [5.74, 6) is 1.59. The van der Waals surface area contributed by atoms with Crippen LogP contribution in [0.1, 0.15) is 0 Å². The van der Waals surface area contributed by atoms with E-state index in [1.807, 2.05) is 42.5 Å². The van der Waals surface area contributed by atoms with Crippen molar-refractivity contribution in [1.29, 1.82) is 0 Å². The van der Waals surface area contributed by atoms with Gasteiger partial charge in [0.1, 0.15) is 12.4 Å². The molecule has 22 heavy (non-hydrogen) atoms. The van der Waals surface area contributed by atoms with E-state index >= 15 is 0 Å². The highest BCUT2D eigenvalue weighted by Crippen LogP contribution is 2.29. The third-order valence-corrected chi connectivity index (χ3v) is 3.33. The van der Waals surface area contributed by atoms with Gasteiger partial charge in [-0.25, -0.2) is 0 Å². The molecule has 2 aromatic carbocycles. The summed E-state index contributed by atoms with van der Waals surface area (Å²) >= 11 is 6.13. The van der Waals surface area contributed by atoms with Gasteiger partial charge < -0.3 is 9.15 Å². The summed E-state index contributed by atoms with van der Waals surface area (Å²) in [6, 6.07) is 14.8. The molecular formula is C17H13ClN2O2. The number of rotatable bonds is 5. The molecule has 0 bridgehead atoms. The van der Waals surface area contributed by atoms with E-state index in [0.29, 0.717) is 29.0 Å². The summed E-state index contributed by atoms with van der Waals surface area (Å²) < 4.78 is 11.1. The summed E-state index contributed by atoms with van der Waals surface area (Å²) in [6.45, 7) is 4.08. The Bertz CT molecular complexity index is 781. The van der Waals surface area contributed by atoms with E-state index in [2.05, 4.69) is 16.8 Å². The third-order valence-electron chi connectivity index (χ3n) is 3.00. The standard InChI is InChI=1S/C17H13ClN2O2/c1-2-11-21-13-9-7-12(8-10-13)16-19-20-17(22-16)14-5-3-4-6-15(14)18/h2-10H,1,11H2. The number of hydrogen-bond acceptors (Lipinski definition) is 4. The van der Waals surface area contributed by atoms with Crippen LogP contribution in [0.5, 0.6) is 5.75 Å². The number of benzene rings is 2. The van der Waals surface area contributed by atoms with Gasteiger partial charge in [-0.1, -0.05) is 36.4 Å². The molecule has 4 nitrogen and oxygen atoms in total. The van der Waals surface area contributed by atoms with E-state index in [1.54, 1.807) is 12.1 Å². The topological polar surface area (TPSA) is 48.2 Å². The third kappa shape index (κ3) is 3.02. The fraction of sp³-hybridized carbons (Fsp3) is 0.0588. The molecule has 1 heterocycles. The van der Waals surface area contributed by atoms with Gasteiger partial charge in [0.25, 0.3) is 0 Å². The molecule has 0 aliphatic heterocycles. The van der Waals surface area contributed by atoms with E-state index in [0.717, 1.165) is 11.3 Å². The van der Waals surface area contributed by atoms with Crippen molar-refractivity contribution in [2.45, 2.75) is 0 Å². The van der Waals surface area contributed by atoms with Crippen molar-refractivity contribution in [2.24, 2.45) is 0 Å². The second kappa shape index (κ2) is 6.45. The van der Waals surface area contributed by atoms with Crippen molar-refractivity contribution in [1.82, 2.24) is 10.2 Å². The molecule has 0 aliphatic rings. The van der Waals surface area contributed by atoms with Crippen molar-refractivity contribution in [2.75, 3.05) is 6.61 Å².